The predicted octanol–water partition coefficient (Wildman–Crippen LogP) is 3.85. The van der Waals surface area contributed by atoms with Gasteiger partial charge in [-0.1, -0.05) is 12.1 Å². The molecule has 1 aromatic heterocycles. The average Bonchev–Trinajstić information content (AvgIpc) is 2.87. The molecular weight excluding hydrogens is 306 g/mol. The van der Waals surface area contributed by atoms with Gasteiger partial charge in [0, 0.05) is 24.0 Å². The van der Waals surface area contributed by atoms with Crippen LogP contribution in [0.15, 0.2) is 24.3 Å². The summed E-state index contributed by atoms with van der Waals surface area (Å²) in [4.78, 5) is 8.51. The van der Waals surface area contributed by atoms with E-state index >= 15 is 0 Å². The maximum atomic E-state index is 5.42. The van der Waals surface area contributed by atoms with Crippen LogP contribution in [-0.4, -0.2) is 36.1 Å². The minimum absolute atomic E-state index is 0.516. The summed E-state index contributed by atoms with van der Waals surface area (Å²) in [6, 6.07) is 8.66. The number of nitrogens with zero attached hydrogens (tertiary/aromatic N) is 2. The summed E-state index contributed by atoms with van der Waals surface area (Å²) in [6.07, 6.45) is 2.31. The van der Waals surface area contributed by atoms with Crippen molar-refractivity contribution in [3.63, 3.8) is 0 Å². The lowest BCUT2D eigenvalue weighted by atomic mass is 10.0. The smallest absolute Gasteiger partial charge is 0.141 e. The number of hydrogen-bond acceptors (Lipinski definition) is 5. The first-order valence-corrected chi connectivity index (χ1v) is 9.02. The van der Waals surface area contributed by atoms with Gasteiger partial charge in [0.1, 0.15) is 10.8 Å². The zero-order valence-electron chi connectivity index (χ0n) is 14.1. The fourth-order valence-corrected chi connectivity index (χ4v) is 3.99. The molecule has 124 valence electrons. The second kappa shape index (κ2) is 7.32. The Morgan fingerprint density at radius 1 is 1.26 bits per heavy atom. The number of rotatable bonds is 5. The van der Waals surface area contributed by atoms with Crippen molar-refractivity contribution in [2.24, 2.45) is 0 Å². The van der Waals surface area contributed by atoms with Gasteiger partial charge < -0.3 is 10.1 Å². The van der Waals surface area contributed by atoms with Crippen LogP contribution in [0.3, 0.4) is 0 Å². The third-order valence-corrected chi connectivity index (χ3v) is 5.54. The molecule has 0 atom stereocenters. The van der Waals surface area contributed by atoms with Crippen LogP contribution in [0.4, 0.5) is 5.69 Å². The molecule has 1 aliphatic heterocycles. The summed E-state index contributed by atoms with van der Waals surface area (Å²) in [5.74, 6) is 0.920. The van der Waals surface area contributed by atoms with Crippen LogP contribution < -0.4 is 10.1 Å². The molecule has 0 amide bonds. The van der Waals surface area contributed by atoms with Crippen molar-refractivity contribution in [2.75, 3.05) is 25.5 Å². The van der Waals surface area contributed by atoms with E-state index in [0.29, 0.717) is 6.04 Å². The highest BCUT2D eigenvalue weighted by atomic mass is 32.1. The van der Waals surface area contributed by atoms with E-state index in [0.717, 1.165) is 43.9 Å². The minimum atomic E-state index is 0.516. The van der Waals surface area contributed by atoms with Crippen molar-refractivity contribution in [3.05, 3.63) is 39.8 Å². The van der Waals surface area contributed by atoms with Gasteiger partial charge in [-0.2, -0.15) is 0 Å². The van der Waals surface area contributed by atoms with E-state index in [2.05, 4.69) is 35.1 Å². The molecule has 0 spiro atoms. The first-order valence-electron chi connectivity index (χ1n) is 8.20. The van der Waals surface area contributed by atoms with Crippen molar-refractivity contribution in [2.45, 2.75) is 39.3 Å². The lowest BCUT2D eigenvalue weighted by molar-refractivity contribution is 0.211. The van der Waals surface area contributed by atoms with Crippen molar-refractivity contribution < 1.29 is 4.74 Å². The third kappa shape index (κ3) is 4.03. The highest BCUT2D eigenvalue weighted by molar-refractivity contribution is 7.11. The average molecular weight is 331 g/mol. The van der Waals surface area contributed by atoms with E-state index in [9.17, 15) is 0 Å². The summed E-state index contributed by atoms with van der Waals surface area (Å²) >= 11 is 1.83. The molecule has 1 fully saturated rings. The van der Waals surface area contributed by atoms with Crippen molar-refractivity contribution in [1.29, 1.82) is 0 Å². The van der Waals surface area contributed by atoms with E-state index < -0.39 is 0 Å². The molecule has 1 saturated heterocycles. The number of nitrogens with one attached hydrogen (secondary N) is 1. The molecule has 3 rings (SSSR count). The van der Waals surface area contributed by atoms with Crippen LogP contribution in [0.25, 0.3) is 0 Å². The largest absolute Gasteiger partial charge is 0.495 e. The van der Waals surface area contributed by atoms with Crippen molar-refractivity contribution in [3.8, 4) is 5.75 Å². The number of para-hydroxylation sites is 2. The van der Waals surface area contributed by atoms with Gasteiger partial charge in [0.2, 0.25) is 0 Å². The van der Waals surface area contributed by atoms with Gasteiger partial charge in [-0.05, 0) is 38.8 Å². The normalized spacial score (nSPS) is 16.5. The Bertz CT molecular complexity index is 628. The van der Waals surface area contributed by atoms with E-state index in [1.165, 1.54) is 15.6 Å². The highest BCUT2D eigenvalue weighted by Gasteiger charge is 2.21. The van der Waals surface area contributed by atoms with Gasteiger partial charge >= 0.3 is 0 Å². The summed E-state index contributed by atoms with van der Waals surface area (Å²) in [7, 11) is 1.72. The monoisotopic (exact) mass is 331 g/mol. The molecule has 0 saturated carbocycles. The third-order valence-electron chi connectivity index (χ3n) is 4.49. The molecule has 23 heavy (non-hydrogen) atoms. The van der Waals surface area contributed by atoms with E-state index in [1.54, 1.807) is 7.11 Å². The zero-order chi connectivity index (χ0) is 16.2. The first kappa shape index (κ1) is 16.3. The number of anilines is 1. The Balaban J connectivity index is 1.52. The number of thiazole rings is 1. The summed E-state index contributed by atoms with van der Waals surface area (Å²) in [5, 5.41) is 4.88. The zero-order valence-corrected chi connectivity index (χ0v) is 14.9. The Hall–Kier alpha value is -1.59. The van der Waals surface area contributed by atoms with Gasteiger partial charge in [-0.15, -0.1) is 11.3 Å². The molecular formula is C18H25N3OS. The molecule has 0 aliphatic carbocycles. The number of aromatic nitrogens is 1. The maximum Gasteiger partial charge on any atom is 0.141 e. The maximum absolute atomic E-state index is 5.42. The summed E-state index contributed by atoms with van der Waals surface area (Å²) in [5.41, 5.74) is 2.28. The molecule has 0 radical (unpaired) electrons. The SMILES string of the molecule is COc1ccccc1NC1CCN(Cc2nc(C)c(C)s2)CC1. The van der Waals surface area contributed by atoms with Crippen LogP contribution in [0.5, 0.6) is 5.75 Å². The van der Waals surface area contributed by atoms with Crippen LogP contribution in [0.2, 0.25) is 0 Å². The quantitative estimate of drug-likeness (QED) is 0.903. The van der Waals surface area contributed by atoms with Crippen LogP contribution in [0.1, 0.15) is 28.4 Å². The van der Waals surface area contributed by atoms with Gasteiger partial charge in [0.15, 0.2) is 0 Å². The van der Waals surface area contributed by atoms with Gasteiger partial charge in [0.05, 0.1) is 25.0 Å². The Morgan fingerprint density at radius 3 is 2.65 bits per heavy atom. The van der Waals surface area contributed by atoms with Gasteiger partial charge in [-0.25, -0.2) is 4.98 Å². The minimum Gasteiger partial charge on any atom is -0.495 e. The highest BCUT2D eigenvalue weighted by Crippen LogP contribution is 2.26. The van der Waals surface area contributed by atoms with Crippen molar-refractivity contribution >= 4 is 17.0 Å². The van der Waals surface area contributed by atoms with Crippen molar-refractivity contribution in [1.82, 2.24) is 9.88 Å². The van der Waals surface area contributed by atoms with Crippen LogP contribution >= 0.6 is 11.3 Å². The topological polar surface area (TPSA) is 37.4 Å². The number of hydrogen-bond donors (Lipinski definition) is 1. The molecule has 2 aromatic rings. The Kier molecular flexibility index (Phi) is 5.18. The molecule has 0 unspecified atom stereocenters. The number of ether oxygens (including phenoxy) is 1. The first-order chi connectivity index (χ1) is 11.2. The molecule has 1 aromatic carbocycles. The molecule has 4 nitrogen and oxygen atoms in total. The fourth-order valence-electron chi connectivity index (χ4n) is 3.02. The number of aryl methyl sites for hydroxylation is 2. The lowest BCUT2D eigenvalue weighted by Gasteiger charge is -2.32. The molecule has 0 bridgehead atoms. The van der Waals surface area contributed by atoms with E-state index in [-0.39, 0.29) is 0 Å². The predicted molar refractivity (Wildman–Crippen MR) is 96.5 cm³/mol. The van der Waals surface area contributed by atoms with E-state index in [4.69, 9.17) is 4.74 Å². The second-order valence-corrected chi connectivity index (χ2v) is 7.43. The summed E-state index contributed by atoms with van der Waals surface area (Å²) in [6.45, 7) is 7.47. The molecule has 1 aliphatic rings. The molecule has 1 N–H and O–H groups in total. The van der Waals surface area contributed by atoms with Crippen LogP contribution in [0, 0.1) is 13.8 Å². The summed E-state index contributed by atoms with van der Waals surface area (Å²) < 4.78 is 5.42. The number of piperidine rings is 1. The van der Waals surface area contributed by atoms with E-state index in [1.807, 2.05) is 29.5 Å². The number of likely N-dealkylation sites (tertiary alicyclic amines) is 1. The molecule has 2 heterocycles. The Labute approximate surface area is 142 Å². The van der Waals surface area contributed by atoms with Gasteiger partial charge in [-0.3, -0.25) is 4.90 Å². The van der Waals surface area contributed by atoms with Crippen LogP contribution in [-0.2, 0) is 6.54 Å². The lowest BCUT2D eigenvalue weighted by Crippen LogP contribution is -2.38. The van der Waals surface area contributed by atoms with Gasteiger partial charge in [0.25, 0.3) is 0 Å². The standard InChI is InChI=1S/C18H25N3OS/c1-13-14(2)23-18(19-13)12-21-10-8-15(9-11-21)20-16-6-4-5-7-17(16)22-3/h4-7,15,20H,8-12H2,1-3H3. The number of benzene rings is 1. The number of methoxy groups -OCH3 is 1. The second-order valence-electron chi connectivity index (χ2n) is 6.14. The Morgan fingerprint density at radius 2 is 2.00 bits per heavy atom. The molecule has 5 heteroatoms. The fraction of sp³-hybridized carbons (Fsp3) is 0.500.